The van der Waals surface area contributed by atoms with Crippen molar-refractivity contribution >= 4 is 29.1 Å². The van der Waals surface area contributed by atoms with E-state index in [0.29, 0.717) is 12.1 Å². The van der Waals surface area contributed by atoms with Crippen molar-refractivity contribution in [1.82, 2.24) is 4.90 Å². The number of hydrogen-bond acceptors (Lipinski definition) is 1. The number of carbonyl (C=O) groups is 1. The first-order chi connectivity index (χ1) is 8.70. The average molecular weight is 312 g/mol. The molecule has 0 saturated carbocycles. The minimum absolute atomic E-state index is 0.0734. The van der Waals surface area contributed by atoms with E-state index in [4.69, 9.17) is 23.2 Å². The van der Waals surface area contributed by atoms with Crippen LogP contribution in [0.4, 0.5) is 13.2 Å². The standard InChI is InChI=1S/C12H10Cl2F3NO/c13-11(14)4-5-18(10(11)19)7-8-2-1-3-9(6-8)12(15,16)17/h1-3,6H,4-5,7H2. The molecular formula is C12H10Cl2F3NO. The molecule has 1 aromatic rings. The molecule has 0 aromatic heterocycles. The van der Waals surface area contributed by atoms with Gasteiger partial charge in [0.05, 0.1) is 5.56 Å². The van der Waals surface area contributed by atoms with Crippen LogP contribution in [0, 0.1) is 0 Å². The molecule has 1 heterocycles. The second-order valence-electron chi connectivity index (χ2n) is 4.38. The summed E-state index contributed by atoms with van der Waals surface area (Å²) in [6.45, 7) is 0.409. The van der Waals surface area contributed by atoms with E-state index >= 15 is 0 Å². The van der Waals surface area contributed by atoms with Gasteiger partial charge in [0.2, 0.25) is 0 Å². The van der Waals surface area contributed by atoms with E-state index in [1.807, 2.05) is 0 Å². The lowest BCUT2D eigenvalue weighted by molar-refractivity contribution is -0.137. The summed E-state index contributed by atoms with van der Waals surface area (Å²) in [5.74, 6) is -0.465. The number of carbonyl (C=O) groups excluding carboxylic acids is 1. The Morgan fingerprint density at radius 2 is 2.00 bits per heavy atom. The quantitative estimate of drug-likeness (QED) is 0.764. The van der Waals surface area contributed by atoms with Gasteiger partial charge in [0.25, 0.3) is 5.91 Å². The lowest BCUT2D eigenvalue weighted by Gasteiger charge is -2.18. The third-order valence-electron chi connectivity index (χ3n) is 2.92. The molecule has 2 rings (SSSR count). The van der Waals surface area contributed by atoms with E-state index in [0.717, 1.165) is 12.1 Å². The van der Waals surface area contributed by atoms with Crippen LogP contribution in [-0.2, 0) is 17.5 Å². The Balaban J connectivity index is 2.15. The van der Waals surface area contributed by atoms with Crippen molar-refractivity contribution in [3.8, 4) is 0 Å². The number of halogens is 5. The van der Waals surface area contributed by atoms with Gasteiger partial charge in [0.1, 0.15) is 0 Å². The van der Waals surface area contributed by atoms with Gasteiger partial charge in [-0.25, -0.2) is 0 Å². The Morgan fingerprint density at radius 3 is 2.53 bits per heavy atom. The summed E-state index contributed by atoms with van der Waals surface area (Å²) in [4.78, 5) is 13.1. The highest BCUT2D eigenvalue weighted by Crippen LogP contribution is 2.35. The molecule has 0 N–H and O–H groups in total. The summed E-state index contributed by atoms with van der Waals surface area (Å²) in [6, 6.07) is 4.86. The Morgan fingerprint density at radius 1 is 1.32 bits per heavy atom. The molecule has 19 heavy (non-hydrogen) atoms. The summed E-state index contributed by atoms with van der Waals surface area (Å²) in [6.07, 6.45) is -4.12. The first-order valence-electron chi connectivity index (χ1n) is 5.53. The van der Waals surface area contributed by atoms with Crippen molar-refractivity contribution < 1.29 is 18.0 Å². The normalized spacial score (nSPS) is 19.0. The van der Waals surface area contributed by atoms with Crippen molar-refractivity contribution in [2.24, 2.45) is 0 Å². The molecule has 1 aliphatic rings. The van der Waals surface area contributed by atoms with E-state index in [2.05, 4.69) is 0 Å². The topological polar surface area (TPSA) is 20.3 Å². The average Bonchev–Trinajstić information content (AvgIpc) is 2.56. The zero-order chi connectivity index (χ0) is 14.3. The number of benzene rings is 1. The van der Waals surface area contributed by atoms with Gasteiger partial charge in [0.15, 0.2) is 4.33 Å². The SMILES string of the molecule is O=C1N(Cc2cccc(C(F)(F)F)c2)CCC1(Cl)Cl. The van der Waals surface area contributed by atoms with Gasteiger partial charge in [-0.2, -0.15) is 13.2 Å². The Kier molecular flexibility index (Phi) is 3.71. The molecule has 0 spiro atoms. The van der Waals surface area contributed by atoms with Gasteiger partial charge in [0, 0.05) is 19.5 Å². The van der Waals surface area contributed by atoms with E-state index in [1.54, 1.807) is 0 Å². The van der Waals surface area contributed by atoms with E-state index in [-0.39, 0.29) is 13.0 Å². The Bertz CT molecular complexity index is 502. The molecule has 0 aliphatic carbocycles. The van der Waals surface area contributed by atoms with Crippen LogP contribution in [0.2, 0.25) is 0 Å². The molecule has 1 amide bonds. The Hall–Kier alpha value is -0.940. The molecule has 0 bridgehead atoms. The monoisotopic (exact) mass is 311 g/mol. The largest absolute Gasteiger partial charge is 0.416 e. The van der Waals surface area contributed by atoms with Gasteiger partial charge < -0.3 is 4.90 Å². The minimum Gasteiger partial charge on any atom is -0.336 e. The van der Waals surface area contributed by atoms with E-state index in [9.17, 15) is 18.0 Å². The van der Waals surface area contributed by atoms with Gasteiger partial charge in [-0.1, -0.05) is 35.3 Å². The molecule has 7 heteroatoms. The molecule has 0 radical (unpaired) electrons. The van der Waals surface area contributed by atoms with Crippen LogP contribution in [-0.4, -0.2) is 21.7 Å². The van der Waals surface area contributed by atoms with Crippen molar-refractivity contribution in [1.29, 1.82) is 0 Å². The van der Waals surface area contributed by atoms with Crippen LogP contribution >= 0.6 is 23.2 Å². The smallest absolute Gasteiger partial charge is 0.336 e. The summed E-state index contributed by atoms with van der Waals surface area (Å²) in [7, 11) is 0. The predicted octanol–water partition coefficient (Wildman–Crippen LogP) is 3.61. The fourth-order valence-electron chi connectivity index (χ4n) is 1.93. The number of rotatable bonds is 2. The summed E-state index contributed by atoms with van der Waals surface area (Å²) in [5.41, 5.74) is -0.339. The zero-order valence-electron chi connectivity index (χ0n) is 9.68. The summed E-state index contributed by atoms with van der Waals surface area (Å²) >= 11 is 11.6. The summed E-state index contributed by atoms with van der Waals surface area (Å²) < 4.78 is 36.2. The molecule has 1 saturated heterocycles. The maximum absolute atomic E-state index is 12.6. The number of amides is 1. The van der Waals surface area contributed by atoms with Crippen LogP contribution in [0.25, 0.3) is 0 Å². The third-order valence-corrected chi connectivity index (χ3v) is 3.62. The third kappa shape index (κ3) is 3.15. The molecule has 0 unspecified atom stereocenters. The maximum atomic E-state index is 12.6. The number of alkyl halides is 5. The van der Waals surface area contributed by atoms with Gasteiger partial charge in [-0.05, 0) is 17.7 Å². The molecule has 0 atom stereocenters. The highest BCUT2D eigenvalue weighted by molar-refractivity contribution is 6.58. The molecule has 1 fully saturated rings. The first-order valence-corrected chi connectivity index (χ1v) is 6.29. The lowest BCUT2D eigenvalue weighted by Crippen LogP contribution is -2.31. The fraction of sp³-hybridized carbons (Fsp3) is 0.417. The van der Waals surface area contributed by atoms with Crippen molar-refractivity contribution in [3.63, 3.8) is 0 Å². The highest BCUT2D eigenvalue weighted by Gasteiger charge is 2.43. The molecule has 104 valence electrons. The van der Waals surface area contributed by atoms with Crippen LogP contribution in [0.15, 0.2) is 24.3 Å². The van der Waals surface area contributed by atoms with Crippen LogP contribution < -0.4 is 0 Å². The van der Waals surface area contributed by atoms with Gasteiger partial charge in [-0.3, -0.25) is 4.79 Å². The molecule has 1 aliphatic heterocycles. The van der Waals surface area contributed by atoms with Crippen LogP contribution in [0.1, 0.15) is 17.5 Å². The first kappa shape index (κ1) is 14.5. The van der Waals surface area contributed by atoms with E-state index < -0.39 is 22.0 Å². The summed E-state index contributed by atoms with van der Waals surface area (Å²) in [5, 5.41) is 0. The fourth-order valence-corrected chi connectivity index (χ4v) is 2.34. The predicted molar refractivity (Wildman–Crippen MR) is 65.9 cm³/mol. The maximum Gasteiger partial charge on any atom is 0.416 e. The van der Waals surface area contributed by atoms with Crippen LogP contribution in [0.5, 0.6) is 0 Å². The minimum atomic E-state index is -4.40. The van der Waals surface area contributed by atoms with Crippen molar-refractivity contribution in [2.45, 2.75) is 23.5 Å². The van der Waals surface area contributed by atoms with Crippen molar-refractivity contribution in [2.75, 3.05) is 6.54 Å². The lowest BCUT2D eigenvalue weighted by atomic mass is 10.1. The van der Waals surface area contributed by atoms with Crippen LogP contribution in [0.3, 0.4) is 0 Å². The second-order valence-corrected chi connectivity index (χ2v) is 5.86. The van der Waals surface area contributed by atoms with Gasteiger partial charge in [-0.15, -0.1) is 0 Å². The Labute approximate surface area is 118 Å². The highest BCUT2D eigenvalue weighted by atomic mass is 35.5. The molecule has 2 nitrogen and oxygen atoms in total. The zero-order valence-corrected chi connectivity index (χ0v) is 11.2. The number of hydrogen-bond donors (Lipinski definition) is 0. The molecule has 1 aromatic carbocycles. The van der Waals surface area contributed by atoms with Gasteiger partial charge >= 0.3 is 6.18 Å². The molecular weight excluding hydrogens is 302 g/mol. The number of likely N-dealkylation sites (tertiary alicyclic amines) is 1. The van der Waals surface area contributed by atoms with Crippen molar-refractivity contribution in [3.05, 3.63) is 35.4 Å². The number of nitrogens with zero attached hydrogens (tertiary/aromatic N) is 1. The van der Waals surface area contributed by atoms with E-state index in [1.165, 1.54) is 17.0 Å². The second kappa shape index (κ2) is 4.87.